The van der Waals surface area contributed by atoms with Gasteiger partial charge in [-0.15, -0.1) is 0 Å². The van der Waals surface area contributed by atoms with Gasteiger partial charge in [0.2, 0.25) is 5.95 Å². The summed E-state index contributed by atoms with van der Waals surface area (Å²) >= 11 is 0. The second kappa shape index (κ2) is 6.19. The van der Waals surface area contributed by atoms with Gasteiger partial charge in [0.15, 0.2) is 5.69 Å². The average molecular weight is 320 g/mol. The highest BCUT2D eigenvalue weighted by atomic mass is 19.1. The first-order valence-corrected chi connectivity index (χ1v) is 7.24. The van der Waals surface area contributed by atoms with E-state index in [1.54, 1.807) is 0 Å². The fraction of sp³-hybridized carbons (Fsp3) is 0.375. The van der Waals surface area contributed by atoms with Crippen molar-refractivity contribution in [2.45, 2.75) is 18.9 Å². The fourth-order valence-corrected chi connectivity index (χ4v) is 2.62. The number of ketones is 1. The number of carbonyl (C=O) groups is 1. The molecule has 0 radical (unpaired) electrons. The molecule has 0 bridgehead atoms. The van der Waals surface area contributed by atoms with Crippen molar-refractivity contribution in [2.24, 2.45) is 0 Å². The van der Waals surface area contributed by atoms with Crippen molar-refractivity contribution < 1.29 is 23.4 Å². The summed E-state index contributed by atoms with van der Waals surface area (Å²) in [5.41, 5.74) is 0.684. The van der Waals surface area contributed by atoms with Gasteiger partial charge in [0.25, 0.3) is 5.78 Å². The lowest BCUT2D eigenvalue weighted by atomic mass is 10.1. The number of hydrogen-bond donors (Lipinski definition) is 0. The van der Waals surface area contributed by atoms with E-state index in [4.69, 9.17) is 14.2 Å². The molecule has 0 aliphatic carbocycles. The summed E-state index contributed by atoms with van der Waals surface area (Å²) in [6, 6.07) is 9.14. The van der Waals surface area contributed by atoms with E-state index in [0.29, 0.717) is 0 Å². The first kappa shape index (κ1) is 15.8. The Labute approximate surface area is 132 Å². The Hall–Kier alpha value is -2.09. The van der Waals surface area contributed by atoms with Crippen LogP contribution in [0.15, 0.2) is 36.7 Å². The van der Waals surface area contributed by atoms with Crippen LogP contribution in [-0.4, -0.2) is 41.6 Å². The molecule has 2 aromatic rings. The van der Waals surface area contributed by atoms with Crippen LogP contribution in [0.1, 0.15) is 29.0 Å². The van der Waals surface area contributed by atoms with Gasteiger partial charge in [-0.2, -0.15) is 4.39 Å². The zero-order valence-electron chi connectivity index (χ0n) is 12.9. The number of imidazole rings is 1. The molecule has 0 amide bonds. The lowest BCUT2D eigenvalue weighted by Crippen LogP contribution is -2.43. The van der Waals surface area contributed by atoms with Gasteiger partial charge in [-0.1, -0.05) is 30.3 Å². The second-order valence-electron chi connectivity index (χ2n) is 5.16. The van der Waals surface area contributed by atoms with E-state index in [2.05, 4.69) is 4.98 Å². The molecule has 23 heavy (non-hydrogen) atoms. The summed E-state index contributed by atoms with van der Waals surface area (Å²) in [5, 5.41) is 0. The SMILES string of the molecule is COC1(C(=O)c2c(F)ncn2[C@H](C)c2ccccc2)OCCO1. The molecule has 2 heterocycles. The van der Waals surface area contributed by atoms with Crippen LogP contribution in [0.2, 0.25) is 0 Å². The minimum Gasteiger partial charge on any atom is -0.324 e. The fourth-order valence-electron chi connectivity index (χ4n) is 2.62. The summed E-state index contributed by atoms with van der Waals surface area (Å²) in [4.78, 5) is 16.4. The molecule has 1 fully saturated rings. The van der Waals surface area contributed by atoms with Crippen LogP contribution in [0.25, 0.3) is 0 Å². The highest BCUT2D eigenvalue weighted by Gasteiger charge is 2.48. The van der Waals surface area contributed by atoms with Crippen molar-refractivity contribution in [1.82, 2.24) is 9.55 Å². The first-order chi connectivity index (χ1) is 11.1. The van der Waals surface area contributed by atoms with E-state index >= 15 is 0 Å². The van der Waals surface area contributed by atoms with E-state index < -0.39 is 17.7 Å². The minimum absolute atomic E-state index is 0.198. The molecular weight excluding hydrogens is 303 g/mol. The minimum atomic E-state index is -1.91. The number of aromatic nitrogens is 2. The second-order valence-corrected chi connectivity index (χ2v) is 5.16. The smallest absolute Gasteiger partial charge is 0.324 e. The molecule has 1 saturated heterocycles. The van der Waals surface area contributed by atoms with Gasteiger partial charge in [0.05, 0.1) is 25.6 Å². The molecule has 1 aliphatic rings. The molecule has 1 aliphatic heterocycles. The van der Waals surface area contributed by atoms with Crippen molar-refractivity contribution in [1.29, 1.82) is 0 Å². The molecule has 0 spiro atoms. The molecule has 3 rings (SSSR count). The predicted molar refractivity (Wildman–Crippen MR) is 78.4 cm³/mol. The van der Waals surface area contributed by atoms with Gasteiger partial charge in [-0.3, -0.25) is 4.79 Å². The van der Waals surface area contributed by atoms with E-state index in [1.165, 1.54) is 18.0 Å². The lowest BCUT2D eigenvalue weighted by molar-refractivity contribution is -0.278. The van der Waals surface area contributed by atoms with Crippen LogP contribution in [0.3, 0.4) is 0 Å². The maximum Gasteiger partial charge on any atom is 0.353 e. The Kier molecular flexibility index (Phi) is 4.25. The van der Waals surface area contributed by atoms with Crippen molar-refractivity contribution in [3.8, 4) is 0 Å². The molecule has 7 heteroatoms. The van der Waals surface area contributed by atoms with E-state index in [9.17, 15) is 9.18 Å². The highest BCUT2D eigenvalue weighted by Crippen LogP contribution is 2.29. The Morgan fingerprint density at radius 3 is 2.61 bits per heavy atom. The average Bonchev–Trinajstić information content (AvgIpc) is 3.22. The zero-order chi connectivity index (χ0) is 16.4. The molecular formula is C16H17FN2O4. The third-order valence-corrected chi connectivity index (χ3v) is 3.88. The molecule has 6 nitrogen and oxygen atoms in total. The van der Waals surface area contributed by atoms with Crippen molar-refractivity contribution in [3.63, 3.8) is 0 Å². The van der Waals surface area contributed by atoms with E-state index in [-0.39, 0.29) is 24.9 Å². The number of hydrogen-bond acceptors (Lipinski definition) is 5. The largest absolute Gasteiger partial charge is 0.353 e. The van der Waals surface area contributed by atoms with Gasteiger partial charge in [0.1, 0.15) is 0 Å². The third-order valence-electron chi connectivity index (χ3n) is 3.88. The van der Waals surface area contributed by atoms with Crippen molar-refractivity contribution >= 4 is 5.78 Å². The summed E-state index contributed by atoms with van der Waals surface area (Å²) < 4.78 is 31.3. The number of rotatable bonds is 5. The molecule has 0 saturated carbocycles. The Morgan fingerprint density at radius 1 is 1.35 bits per heavy atom. The molecule has 122 valence electrons. The predicted octanol–water partition coefficient (Wildman–Crippen LogP) is 2.16. The third kappa shape index (κ3) is 2.67. The number of benzene rings is 1. The number of ether oxygens (including phenoxy) is 3. The van der Waals surface area contributed by atoms with Crippen LogP contribution in [0, 0.1) is 5.95 Å². The van der Waals surface area contributed by atoms with Crippen LogP contribution < -0.4 is 0 Å². The normalized spacial score (nSPS) is 18.0. The van der Waals surface area contributed by atoms with Gasteiger partial charge in [-0.05, 0) is 12.5 Å². The van der Waals surface area contributed by atoms with Gasteiger partial charge in [0, 0.05) is 7.11 Å². The van der Waals surface area contributed by atoms with Crippen LogP contribution >= 0.6 is 0 Å². The number of carbonyl (C=O) groups excluding carboxylic acids is 1. The van der Waals surface area contributed by atoms with Gasteiger partial charge < -0.3 is 18.8 Å². The Morgan fingerprint density at radius 2 is 2.00 bits per heavy atom. The summed E-state index contributed by atoms with van der Waals surface area (Å²) in [6.45, 7) is 2.25. The van der Waals surface area contributed by atoms with Crippen LogP contribution in [0.4, 0.5) is 4.39 Å². The molecule has 0 unspecified atom stereocenters. The molecule has 1 aromatic heterocycles. The maximum absolute atomic E-state index is 14.2. The number of methoxy groups -OCH3 is 1. The van der Waals surface area contributed by atoms with Crippen LogP contribution in [-0.2, 0) is 14.2 Å². The van der Waals surface area contributed by atoms with E-state index in [0.717, 1.165) is 5.56 Å². The van der Waals surface area contributed by atoms with E-state index in [1.807, 2.05) is 37.3 Å². The van der Waals surface area contributed by atoms with Crippen LogP contribution in [0.5, 0.6) is 0 Å². The maximum atomic E-state index is 14.2. The zero-order valence-corrected chi connectivity index (χ0v) is 12.9. The molecule has 1 aromatic carbocycles. The monoisotopic (exact) mass is 320 g/mol. The number of nitrogens with zero attached hydrogens (tertiary/aromatic N) is 2. The Balaban J connectivity index is 2.01. The highest BCUT2D eigenvalue weighted by molar-refractivity contribution is 5.99. The quantitative estimate of drug-likeness (QED) is 0.790. The Bertz CT molecular complexity index is 695. The first-order valence-electron chi connectivity index (χ1n) is 7.24. The standard InChI is InChI=1S/C16H17FN2O4/c1-11(12-6-4-3-5-7-12)19-10-18-15(17)13(19)14(20)16(21-2)22-8-9-23-16/h3-7,10-11H,8-9H2,1-2H3/t11-/m1/s1. The topological polar surface area (TPSA) is 62.6 Å². The molecule has 0 N–H and O–H groups in total. The summed E-state index contributed by atoms with van der Waals surface area (Å²) in [7, 11) is 1.28. The van der Waals surface area contributed by atoms with Crippen molar-refractivity contribution in [2.75, 3.05) is 20.3 Å². The van der Waals surface area contributed by atoms with Crippen molar-refractivity contribution in [3.05, 3.63) is 53.9 Å². The summed E-state index contributed by atoms with van der Waals surface area (Å²) in [5.74, 6) is -3.53. The summed E-state index contributed by atoms with van der Waals surface area (Å²) in [6.07, 6.45) is 1.29. The van der Waals surface area contributed by atoms with Gasteiger partial charge >= 0.3 is 5.97 Å². The van der Waals surface area contributed by atoms with Gasteiger partial charge in [-0.25, -0.2) is 4.98 Å². The lowest BCUT2D eigenvalue weighted by Gasteiger charge is -2.24. The molecule has 1 atom stereocenters. The number of halogens is 1. The number of Topliss-reactive ketones (excluding diaryl/α,β-unsaturated/α-hetero) is 1.